The molecule has 1 aliphatic heterocycles. The van der Waals surface area contributed by atoms with Gasteiger partial charge in [-0.15, -0.1) is 0 Å². The van der Waals surface area contributed by atoms with Crippen LogP contribution in [0.15, 0.2) is 72.8 Å². The van der Waals surface area contributed by atoms with Crippen molar-refractivity contribution in [3.8, 4) is 5.75 Å². The van der Waals surface area contributed by atoms with Crippen molar-refractivity contribution in [1.29, 1.82) is 0 Å². The first kappa shape index (κ1) is 24.2. The zero-order valence-electron chi connectivity index (χ0n) is 20.6. The minimum absolute atomic E-state index is 0.0259. The zero-order valence-corrected chi connectivity index (χ0v) is 20.6. The first-order valence-electron chi connectivity index (χ1n) is 11.8. The van der Waals surface area contributed by atoms with Crippen molar-refractivity contribution in [3.05, 3.63) is 95.1 Å². The fraction of sp³-hybridized carbons (Fsp3) is 0.276. The van der Waals surface area contributed by atoms with Gasteiger partial charge < -0.3 is 9.64 Å². The number of nitrogens with zero attached hydrogens (tertiary/aromatic N) is 2. The summed E-state index contributed by atoms with van der Waals surface area (Å²) < 4.78 is 5.53. The predicted molar refractivity (Wildman–Crippen MR) is 136 cm³/mol. The second kappa shape index (κ2) is 9.74. The van der Waals surface area contributed by atoms with Crippen molar-refractivity contribution >= 4 is 23.4 Å². The lowest BCUT2D eigenvalue weighted by atomic mass is 9.86. The highest BCUT2D eigenvalue weighted by Crippen LogP contribution is 2.26. The van der Waals surface area contributed by atoms with E-state index in [-0.39, 0.29) is 36.2 Å². The molecule has 0 spiro atoms. The average molecular weight is 471 g/mol. The standard InChI is InChI=1S/C29H30N2O4/c1-5-35-23-16-14-22(15-17-23)30(26(32)20-10-12-21(13-11-20)29(2,3)4)18-19-31-27(33)24-8-6-7-9-25(24)28(31)34/h6-17H,5,18-19H2,1-4H3. The number of rotatable bonds is 7. The van der Waals surface area contributed by atoms with E-state index in [1.54, 1.807) is 29.2 Å². The maximum absolute atomic E-state index is 13.6. The van der Waals surface area contributed by atoms with Gasteiger partial charge in [0.25, 0.3) is 17.7 Å². The molecule has 0 aromatic heterocycles. The first-order valence-corrected chi connectivity index (χ1v) is 11.8. The summed E-state index contributed by atoms with van der Waals surface area (Å²) in [5.41, 5.74) is 3.10. The molecule has 4 rings (SSSR count). The fourth-order valence-electron chi connectivity index (χ4n) is 4.15. The van der Waals surface area contributed by atoms with E-state index < -0.39 is 0 Å². The largest absolute Gasteiger partial charge is 0.494 e. The molecule has 6 heteroatoms. The summed E-state index contributed by atoms with van der Waals surface area (Å²) in [4.78, 5) is 42.1. The van der Waals surface area contributed by atoms with Crippen LogP contribution in [0.5, 0.6) is 5.75 Å². The Morgan fingerprint density at radius 3 is 1.94 bits per heavy atom. The molecule has 1 aliphatic rings. The average Bonchev–Trinajstić information content (AvgIpc) is 3.09. The molecule has 35 heavy (non-hydrogen) atoms. The van der Waals surface area contributed by atoms with Crippen LogP contribution >= 0.6 is 0 Å². The van der Waals surface area contributed by atoms with Crippen LogP contribution < -0.4 is 9.64 Å². The van der Waals surface area contributed by atoms with Crippen LogP contribution in [0, 0.1) is 0 Å². The highest BCUT2D eigenvalue weighted by molar-refractivity contribution is 6.21. The summed E-state index contributed by atoms with van der Waals surface area (Å²) in [6.45, 7) is 9.08. The molecule has 3 aromatic rings. The molecule has 3 amide bonds. The normalized spacial score (nSPS) is 13.1. The van der Waals surface area contributed by atoms with Crippen molar-refractivity contribution in [3.63, 3.8) is 0 Å². The van der Waals surface area contributed by atoms with Crippen molar-refractivity contribution in [2.75, 3.05) is 24.6 Å². The number of fused-ring (bicyclic) bond motifs is 1. The third-order valence-corrected chi connectivity index (χ3v) is 6.13. The van der Waals surface area contributed by atoms with Crippen molar-refractivity contribution < 1.29 is 19.1 Å². The summed E-state index contributed by atoms with van der Waals surface area (Å²) in [7, 11) is 0. The van der Waals surface area contributed by atoms with Crippen LogP contribution in [0.1, 0.15) is 64.3 Å². The van der Waals surface area contributed by atoms with Gasteiger partial charge in [0.2, 0.25) is 0 Å². The lowest BCUT2D eigenvalue weighted by Crippen LogP contribution is -2.41. The van der Waals surface area contributed by atoms with Gasteiger partial charge in [-0.25, -0.2) is 0 Å². The molecule has 0 saturated heterocycles. The van der Waals surface area contributed by atoms with E-state index in [2.05, 4.69) is 20.8 Å². The topological polar surface area (TPSA) is 66.9 Å². The van der Waals surface area contributed by atoms with Crippen molar-refractivity contribution in [2.24, 2.45) is 0 Å². The van der Waals surface area contributed by atoms with Gasteiger partial charge in [0, 0.05) is 24.3 Å². The number of benzene rings is 3. The molecule has 1 heterocycles. The lowest BCUT2D eigenvalue weighted by molar-refractivity contribution is 0.0654. The molecule has 0 bridgehead atoms. The molecule has 0 saturated carbocycles. The molecular weight excluding hydrogens is 440 g/mol. The summed E-state index contributed by atoms with van der Waals surface area (Å²) >= 11 is 0. The Kier molecular flexibility index (Phi) is 6.74. The van der Waals surface area contributed by atoms with Gasteiger partial charge in [0.15, 0.2) is 0 Å². The molecule has 6 nitrogen and oxygen atoms in total. The Morgan fingerprint density at radius 1 is 0.857 bits per heavy atom. The van der Waals surface area contributed by atoms with Gasteiger partial charge in [-0.2, -0.15) is 0 Å². The fourth-order valence-corrected chi connectivity index (χ4v) is 4.15. The number of hydrogen-bond donors (Lipinski definition) is 0. The smallest absolute Gasteiger partial charge is 0.261 e. The Balaban J connectivity index is 1.60. The first-order chi connectivity index (χ1) is 16.7. The third kappa shape index (κ3) is 4.97. The zero-order chi connectivity index (χ0) is 25.2. The van der Waals surface area contributed by atoms with Crippen molar-refractivity contribution in [2.45, 2.75) is 33.1 Å². The van der Waals surface area contributed by atoms with E-state index in [1.165, 1.54) is 4.90 Å². The number of ether oxygens (including phenoxy) is 1. The molecule has 0 aliphatic carbocycles. The van der Waals surface area contributed by atoms with E-state index in [0.717, 1.165) is 5.56 Å². The van der Waals surface area contributed by atoms with Gasteiger partial charge in [-0.05, 0) is 66.4 Å². The van der Waals surface area contributed by atoms with E-state index in [1.807, 2.05) is 55.5 Å². The summed E-state index contributed by atoms with van der Waals surface area (Å²) in [5.74, 6) is -0.164. The number of anilines is 1. The van der Waals surface area contributed by atoms with Gasteiger partial charge in [0.05, 0.1) is 17.7 Å². The predicted octanol–water partition coefficient (Wildman–Crippen LogP) is 5.33. The van der Waals surface area contributed by atoms with Crippen LogP contribution in [0.3, 0.4) is 0 Å². The van der Waals surface area contributed by atoms with Gasteiger partial charge in [-0.3, -0.25) is 19.3 Å². The van der Waals surface area contributed by atoms with Gasteiger partial charge >= 0.3 is 0 Å². The molecule has 0 unspecified atom stereocenters. The van der Waals surface area contributed by atoms with E-state index in [4.69, 9.17) is 4.74 Å². The maximum Gasteiger partial charge on any atom is 0.261 e. The monoisotopic (exact) mass is 470 g/mol. The number of carbonyl (C=O) groups excluding carboxylic acids is 3. The van der Waals surface area contributed by atoms with Crippen LogP contribution in [-0.4, -0.2) is 42.3 Å². The Morgan fingerprint density at radius 2 is 1.43 bits per heavy atom. The van der Waals surface area contributed by atoms with Crippen LogP contribution in [0.4, 0.5) is 5.69 Å². The molecular formula is C29H30N2O4. The quantitative estimate of drug-likeness (QED) is 0.438. The molecule has 0 fully saturated rings. The minimum atomic E-state index is -0.334. The lowest BCUT2D eigenvalue weighted by Gasteiger charge is -2.26. The minimum Gasteiger partial charge on any atom is -0.494 e. The summed E-state index contributed by atoms with van der Waals surface area (Å²) in [6, 6.07) is 21.6. The number of hydrogen-bond acceptors (Lipinski definition) is 4. The van der Waals surface area contributed by atoms with Crippen LogP contribution in [0.2, 0.25) is 0 Å². The molecule has 0 N–H and O–H groups in total. The Bertz CT molecular complexity index is 1210. The van der Waals surface area contributed by atoms with Gasteiger partial charge in [-0.1, -0.05) is 45.0 Å². The Hall–Kier alpha value is -3.93. The van der Waals surface area contributed by atoms with E-state index in [0.29, 0.717) is 34.7 Å². The van der Waals surface area contributed by atoms with Crippen LogP contribution in [-0.2, 0) is 5.41 Å². The van der Waals surface area contributed by atoms with E-state index >= 15 is 0 Å². The highest BCUT2D eigenvalue weighted by atomic mass is 16.5. The summed E-state index contributed by atoms with van der Waals surface area (Å²) in [5, 5.41) is 0. The highest BCUT2D eigenvalue weighted by Gasteiger charge is 2.35. The second-order valence-electron chi connectivity index (χ2n) is 9.52. The van der Waals surface area contributed by atoms with Gasteiger partial charge in [0.1, 0.15) is 5.75 Å². The number of imide groups is 1. The maximum atomic E-state index is 13.6. The molecule has 0 radical (unpaired) electrons. The second-order valence-corrected chi connectivity index (χ2v) is 9.52. The summed E-state index contributed by atoms with van der Waals surface area (Å²) in [6.07, 6.45) is 0. The van der Waals surface area contributed by atoms with Crippen LogP contribution in [0.25, 0.3) is 0 Å². The number of amides is 3. The van der Waals surface area contributed by atoms with Crippen molar-refractivity contribution in [1.82, 2.24) is 4.90 Å². The molecule has 180 valence electrons. The number of carbonyl (C=O) groups is 3. The Labute approximate surface area is 206 Å². The SMILES string of the molecule is CCOc1ccc(N(CCN2C(=O)c3ccccc3C2=O)C(=O)c2ccc(C(C)(C)C)cc2)cc1. The third-order valence-electron chi connectivity index (χ3n) is 6.13. The van der Waals surface area contributed by atoms with E-state index in [9.17, 15) is 14.4 Å². The molecule has 3 aromatic carbocycles. The molecule has 0 atom stereocenters.